The van der Waals surface area contributed by atoms with Crippen LogP contribution in [0.15, 0.2) is 67.3 Å². The van der Waals surface area contributed by atoms with E-state index in [-0.39, 0.29) is 11.8 Å². The molecule has 0 unspecified atom stereocenters. The van der Waals surface area contributed by atoms with E-state index in [0.717, 1.165) is 33.5 Å². The summed E-state index contributed by atoms with van der Waals surface area (Å²) in [7, 11) is 1.60. The molecule has 0 atom stereocenters. The fourth-order valence-corrected chi connectivity index (χ4v) is 4.36. The van der Waals surface area contributed by atoms with Crippen LogP contribution in [0.4, 0.5) is 0 Å². The maximum absolute atomic E-state index is 12.9. The van der Waals surface area contributed by atoms with Crippen LogP contribution in [-0.4, -0.2) is 55.3 Å². The molecule has 1 aromatic carbocycles. The summed E-state index contributed by atoms with van der Waals surface area (Å²) in [6.07, 6.45) is 7.18. The fourth-order valence-electron chi connectivity index (χ4n) is 4.36. The molecule has 1 saturated heterocycles. The van der Waals surface area contributed by atoms with Gasteiger partial charge in [0.25, 0.3) is 5.91 Å². The van der Waals surface area contributed by atoms with Crippen molar-refractivity contribution < 1.29 is 9.53 Å². The lowest BCUT2D eigenvalue weighted by Gasteiger charge is -2.38. The van der Waals surface area contributed by atoms with Gasteiger partial charge in [-0.15, -0.1) is 0 Å². The second-order valence-electron chi connectivity index (χ2n) is 7.89. The van der Waals surface area contributed by atoms with Crippen LogP contribution in [0.3, 0.4) is 0 Å². The molecule has 158 valence electrons. The van der Waals surface area contributed by atoms with Gasteiger partial charge in [-0.1, -0.05) is 18.2 Å². The van der Waals surface area contributed by atoms with Crippen LogP contribution in [0, 0.1) is 0 Å². The van der Waals surface area contributed by atoms with Crippen LogP contribution in [0.25, 0.3) is 27.7 Å². The third-order valence-corrected chi connectivity index (χ3v) is 6.00. The standard InChI is InChI=1S/C24H20N6O2/c1-32-23-17(6-4-8-26-23)21-20-12-27-22(30(20)10-9-25-21)16-13-29(14-16)24(31)19-11-15-5-2-3-7-18(15)28-19/h2-12,16,28H,13-14H2,1H3. The number of aromatic nitrogens is 5. The number of aromatic amines is 1. The van der Waals surface area contributed by atoms with Crippen molar-refractivity contribution in [3.8, 4) is 17.1 Å². The number of nitrogens with one attached hydrogen (secondary N) is 1. The van der Waals surface area contributed by atoms with Crippen molar-refractivity contribution in [3.63, 3.8) is 0 Å². The first kappa shape index (κ1) is 18.6. The van der Waals surface area contributed by atoms with E-state index in [1.165, 1.54) is 0 Å². The van der Waals surface area contributed by atoms with Crippen molar-refractivity contribution >= 4 is 22.3 Å². The lowest BCUT2D eigenvalue weighted by molar-refractivity contribution is 0.0589. The van der Waals surface area contributed by atoms with Crippen LogP contribution in [0.2, 0.25) is 0 Å². The van der Waals surface area contributed by atoms with Crippen molar-refractivity contribution in [2.75, 3.05) is 20.2 Å². The lowest BCUT2D eigenvalue weighted by atomic mass is 9.98. The Morgan fingerprint density at radius 3 is 2.81 bits per heavy atom. The summed E-state index contributed by atoms with van der Waals surface area (Å²) in [6.45, 7) is 1.25. The molecule has 1 fully saturated rings. The molecule has 32 heavy (non-hydrogen) atoms. The molecule has 6 rings (SSSR count). The van der Waals surface area contributed by atoms with Gasteiger partial charge >= 0.3 is 0 Å². The van der Waals surface area contributed by atoms with Gasteiger partial charge in [0, 0.05) is 42.6 Å². The van der Waals surface area contributed by atoms with Crippen molar-refractivity contribution in [1.29, 1.82) is 0 Å². The zero-order chi connectivity index (χ0) is 21.7. The molecule has 0 aliphatic carbocycles. The van der Waals surface area contributed by atoms with Gasteiger partial charge in [-0.05, 0) is 24.3 Å². The van der Waals surface area contributed by atoms with Gasteiger partial charge in [-0.2, -0.15) is 0 Å². The number of H-pyrrole nitrogens is 1. The molecule has 5 aromatic rings. The first-order chi connectivity index (χ1) is 15.7. The Hall–Kier alpha value is -4.20. The molecule has 5 heterocycles. The first-order valence-corrected chi connectivity index (χ1v) is 10.4. The maximum Gasteiger partial charge on any atom is 0.270 e. The molecule has 1 amide bonds. The summed E-state index contributed by atoms with van der Waals surface area (Å²) in [4.78, 5) is 31.5. The minimum Gasteiger partial charge on any atom is -0.481 e. The van der Waals surface area contributed by atoms with Crippen LogP contribution < -0.4 is 4.74 Å². The number of hydrogen-bond donors (Lipinski definition) is 1. The zero-order valence-electron chi connectivity index (χ0n) is 17.4. The highest BCUT2D eigenvalue weighted by atomic mass is 16.5. The number of pyridine rings is 1. The van der Waals surface area contributed by atoms with E-state index in [4.69, 9.17) is 4.74 Å². The highest BCUT2D eigenvalue weighted by Gasteiger charge is 2.35. The molecule has 0 bridgehead atoms. The van der Waals surface area contributed by atoms with Gasteiger partial charge in [-0.3, -0.25) is 14.2 Å². The van der Waals surface area contributed by atoms with E-state index in [9.17, 15) is 4.79 Å². The number of nitrogens with zero attached hydrogens (tertiary/aromatic N) is 5. The molecule has 8 nitrogen and oxygen atoms in total. The Kier molecular flexibility index (Phi) is 4.17. The molecule has 1 aliphatic rings. The van der Waals surface area contributed by atoms with E-state index in [2.05, 4.69) is 19.9 Å². The third kappa shape index (κ3) is 2.84. The Labute approximate surface area is 183 Å². The van der Waals surface area contributed by atoms with Crippen molar-refractivity contribution in [1.82, 2.24) is 29.2 Å². The number of amides is 1. The smallest absolute Gasteiger partial charge is 0.270 e. The molecule has 0 saturated carbocycles. The van der Waals surface area contributed by atoms with Crippen LogP contribution in [-0.2, 0) is 0 Å². The first-order valence-electron chi connectivity index (χ1n) is 10.4. The van der Waals surface area contributed by atoms with Crippen molar-refractivity contribution in [3.05, 3.63) is 78.8 Å². The van der Waals surface area contributed by atoms with Gasteiger partial charge in [-0.25, -0.2) is 9.97 Å². The minimum absolute atomic E-state index is 0.0146. The number of methoxy groups -OCH3 is 1. The summed E-state index contributed by atoms with van der Waals surface area (Å²) in [5.41, 5.74) is 4.05. The molecular formula is C24H20N6O2. The average Bonchev–Trinajstić information content (AvgIpc) is 3.42. The van der Waals surface area contributed by atoms with E-state index in [1.807, 2.05) is 64.2 Å². The topological polar surface area (TPSA) is 88.4 Å². The molecule has 4 aromatic heterocycles. The Balaban J connectivity index is 1.26. The quantitative estimate of drug-likeness (QED) is 0.477. The molecular weight excluding hydrogens is 404 g/mol. The van der Waals surface area contributed by atoms with Crippen molar-refractivity contribution in [2.45, 2.75) is 5.92 Å². The number of benzene rings is 1. The Morgan fingerprint density at radius 2 is 1.97 bits per heavy atom. The van der Waals surface area contributed by atoms with E-state index in [1.54, 1.807) is 19.5 Å². The van der Waals surface area contributed by atoms with E-state index >= 15 is 0 Å². The van der Waals surface area contributed by atoms with Gasteiger partial charge in [0.1, 0.15) is 17.2 Å². The lowest BCUT2D eigenvalue weighted by Crippen LogP contribution is -2.49. The number of imidazole rings is 1. The number of likely N-dealkylation sites (tertiary alicyclic amines) is 1. The summed E-state index contributed by atoms with van der Waals surface area (Å²) >= 11 is 0. The Bertz CT molecular complexity index is 1430. The van der Waals surface area contributed by atoms with Crippen LogP contribution >= 0.6 is 0 Å². The summed E-state index contributed by atoms with van der Waals surface area (Å²) in [5, 5.41) is 1.04. The fraction of sp³-hybridized carbons (Fsp3) is 0.167. The number of rotatable bonds is 4. The number of carbonyl (C=O) groups is 1. The average molecular weight is 424 g/mol. The predicted octanol–water partition coefficient (Wildman–Crippen LogP) is 3.52. The molecule has 0 radical (unpaired) electrons. The predicted molar refractivity (Wildman–Crippen MR) is 120 cm³/mol. The minimum atomic E-state index is 0.0146. The summed E-state index contributed by atoms with van der Waals surface area (Å²) in [6, 6.07) is 13.6. The second kappa shape index (κ2) is 7.19. The summed E-state index contributed by atoms with van der Waals surface area (Å²) < 4.78 is 7.46. The molecule has 1 aliphatic heterocycles. The monoisotopic (exact) mass is 424 g/mol. The van der Waals surface area contributed by atoms with Crippen LogP contribution in [0.1, 0.15) is 22.2 Å². The van der Waals surface area contributed by atoms with Crippen LogP contribution in [0.5, 0.6) is 5.88 Å². The highest BCUT2D eigenvalue weighted by Crippen LogP contribution is 2.33. The Morgan fingerprint density at radius 1 is 1.09 bits per heavy atom. The van der Waals surface area contributed by atoms with E-state index in [0.29, 0.717) is 24.7 Å². The highest BCUT2D eigenvalue weighted by molar-refractivity contribution is 5.98. The maximum atomic E-state index is 12.9. The second-order valence-corrected chi connectivity index (χ2v) is 7.89. The van der Waals surface area contributed by atoms with Gasteiger partial charge in [0.15, 0.2) is 0 Å². The third-order valence-electron chi connectivity index (χ3n) is 6.00. The number of para-hydroxylation sites is 1. The van der Waals surface area contributed by atoms with Gasteiger partial charge in [0.2, 0.25) is 5.88 Å². The van der Waals surface area contributed by atoms with Gasteiger partial charge in [0.05, 0.1) is 30.3 Å². The number of hydrogen-bond acceptors (Lipinski definition) is 5. The SMILES string of the molecule is COc1ncccc1-c1nccn2c(C3CN(C(=O)c4cc5ccccc5[nH]4)C3)ncc12. The molecule has 8 heteroatoms. The zero-order valence-corrected chi connectivity index (χ0v) is 17.4. The normalized spacial score (nSPS) is 14.1. The number of fused-ring (bicyclic) bond motifs is 2. The van der Waals surface area contributed by atoms with Crippen molar-refractivity contribution in [2.24, 2.45) is 0 Å². The number of carbonyl (C=O) groups excluding carboxylic acids is 1. The van der Waals surface area contributed by atoms with E-state index < -0.39 is 0 Å². The van der Waals surface area contributed by atoms with Gasteiger partial charge < -0.3 is 14.6 Å². The molecule has 0 spiro atoms. The largest absolute Gasteiger partial charge is 0.481 e. The summed E-state index contributed by atoms with van der Waals surface area (Å²) in [5.74, 6) is 1.62. The number of ether oxygens (including phenoxy) is 1. The molecule has 1 N–H and O–H groups in total.